The number of amides is 1. The van der Waals surface area contributed by atoms with Crippen molar-refractivity contribution in [2.24, 2.45) is 0 Å². The van der Waals surface area contributed by atoms with Crippen LogP contribution >= 0.6 is 11.6 Å². The monoisotopic (exact) mass is 435 g/mol. The molecule has 0 saturated carbocycles. The van der Waals surface area contributed by atoms with Crippen molar-refractivity contribution in [3.63, 3.8) is 0 Å². The molecule has 1 fully saturated rings. The van der Waals surface area contributed by atoms with Gasteiger partial charge in [-0.1, -0.05) is 23.7 Å². The van der Waals surface area contributed by atoms with Crippen LogP contribution in [-0.2, 0) is 10.0 Å². The number of hydrogen-bond acceptors (Lipinski definition) is 4. The quantitative estimate of drug-likeness (QED) is 0.748. The lowest BCUT2D eigenvalue weighted by atomic mass is 10.1. The van der Waals surface area contributed by atoms with Gasteiger partial charge in [0.1, 0.15) is 0 Å². The molecule has 29 heavy (non-hydrogen) atoms. The summed E-state index contributed by atoms with van der Waals surface area (Å²) in [5.41, 5.74) is 2.80. The highest BCUT2D eigenvalue weighted by Crippen LogP contribution is 2.26. The van der Waals surface area contributed by atoms with E-state index in [1.807, 2.05) is 19.1 Å². The molecule has 0 spiro atoms. The smallest absolute Gasteiger partial charge is 0.253 e. The van der Waals surface area contributed by atoms with E-state index in [9.17, 15) is 13.2 Å². The second-order valence-corrected chi connectivity index (χ2v) is 9.80. The van der Waals surface area contributed by atoms with Gasteiger partial charge in [0.25, 0.3) is 5.91 Å². The summed E-state index contributed by atoms with van der Waals surface area (Å²) in [7, 11) is -2.00. The van der Waals surface area contributed by atoms with Gasteiger partial charge in [-0.05, 0) is 55.7 Å². The van der Waals surface area contributed by atoms with E-state index in [4.69, 9.17) is 11.6 Å². The van der Waals surface area contributed by atoms with Gasteiger partial charge >= 0.3 is 0 Å². The first-order valence-corrected chi connectivity index (χ1v) is 11.8. The van der Waals surface area contributed by atoms with E-state index in [1.54, 1.807) is 6.07 Å². The molecule has 1 aliphatic rings. The van der Waals surface area contributed by atoms with Crippen LogP contribution in [-0.4, -0.2) is 40.7 Å². The third kappa shape index (κ3) is 5.03. The molecule has 1 amide bonds. The first kappa shape index (κ1) is 21.5. The average molecular weight is 436 g/mol. The standard InChI is InChI=1S/C21H26ClN3O3S/c1-15(16-6-8-17(9-7-16)25-12-4-5-13-25)23-21(26)19-14-18(10-11-20(19)22)24(2)29(3,27)28/h6-11,14-15H,4-5,12-13H2,1-3H3,(H,23,26). The van der Waals surface area contributed by atoms with Crippen molar-refractivity contribution < 1.29 is 13.2 Å². The largest absolute Gasteiger partial charge is 0.372 e. The fourth-order valence-electron chi connectivity index (χ4n) is 3.38. The Balaban J connectivity index is 1.74. The molecule has 2 aromatic carbocycles. The lowest BCUT2D eigenvalue weighted by molar-refractivity contribution is 0.0940. The molecule has 8 heteroatoms. The number of nitrogens with zero attached hydrogens (tertiary/aromatic N) is 2. The molecule has 6 nitrogen and oxygen atoms in total. The van der Waals surface area contributed by atoms with Crippen LogP contribution in [0.25, 0.3) is 0 Å². The number of sulfonamides is 1. The van der Waals surface area contributed by atoms with Crippen LogP contribution in [0.1, 0.15) is 41.7 Å². The van der Waals surface area contributed by atoms with E-state index >= 15 is 0 Å². The summed E-state index contributed by atoms with van der Waals surface area (Å²) in [4.78, 5) is 15.1. The fourth-order valence-corrected chi connectivity index (χ4v) is 4.08. The minimum atomic E-state index is -3.43. The molecular weight excluding hydrogens is 410 g/mol. The molecule has 2 aromatic rings. The molecule has 1 atom stereocenters. The first-order valence-electron chi connectivity index (χ1n) is 9.56. The van der Waals surface area contributed by atoms with Gasteiger partial charge < -0.3 is 10.2 Å². The number of rotatable bonds is 6. The van der Waals surface area contributed by atoms with Crippen LogP contribution in [0.2, 0.25) is 5.02 Å². The normalized spacial score (nSPS) is 15.2. The Morgan fingerprint density at radius 3 is 2.34 bits per heavy atom. The van der Waals surface area contributed by atoms with E-state index in [-0.39, 0.29) is 22.5 Å². The van der Waals surface area contributed by atoms with Gasteiger partial charge in [0.2, 0.25) is 10.0 Å². The van der Waals surface area contributed by atoms with E-state index < -0.39 is 10.0 Å². The third-order valence-electron chi connectivity index (χ3n) is 5.27. The maximum absolute atomic E-state index is 12.8. The van der Waals surface area contributed by atoms with Crippen molar-refractivity contribution >= 4 is 38.9 Å². The average Bonchev–Trinajstić information content (AvgIpc) is 3.22. The number of benzene rings is 2. The van der Waals surface area contributed by atoms with Crippen molar-refractivity contribution in [1.29, 1.82) is 0 Å². The molecule has 156 valence electrons. The lowest BCUT2D eigenvalue weighted by Crippen LogP contribution is -2.28. The summed E-state index contributed by atoms with van der Waals surface area (Å²) in [5, 5.41) is 3.21. The maximum atomic E-state index is 12.8. The highest BCUT2D eigenvalue weighted by molar-refractivity contribution is 7.92. The van der Waals surface area contributed by atoms with Gasteiger partial charge in [0, 0.05) is 25.8 Å². The highest BCUT2D eigenvalue weighted by atomic mass is 35.5. The van der Waals surface area contributed by atoms with Crippen LogP contribution in [0.15, 0.2) is 42.5 Å². The zero-order chi connectivity index (χ0) is 21.2. The van der Waals surface area contributed by atoms with E-state index in [1.165, 1.54) is 37.7 Å². The number of hydrogen-bond donors (Lipinski definition) is 1. The zero-order valence-electron chi connectivity index (χ0n) is 16.9. The SMILES string of the molecule is CC(NC(=O)c1cc(N(C)S(C)(=O)=O)ccc1Cl)c1ccc(N2CCCC2)cc1. The van der Waals surface area contributed by atoms with Crippen LogP contribution < -0.4 is 14.5 Å². The zero-order valence-corrected chi connectivity index (χ0v) is 18.4. The fraction of sp³-hybridized carbons (Fsp3) is 0.381. The van der Waals surface area contributed by atoms with Gasteiger partial charge in [0.05, 0.1) is 28.6 Å². The number of anilines is 2. The maximum Gasteiger partial charge on any atom is 0.253 e. The minimum absolute atomic E-state index is 0.220. The van der Waals surface area contributed by atoms with Crippen molar-refractivity contribution in [2.45, 2.75) is 25.8 Å². The molecule has 0 aliphatic carbocycles. The minimum Gasteiger partial charge on any atom is -0.372 e. The Labute approximate surface area is 177 Å². The van der Waals surface area contributed by atoms with E-state index in [2.05, 4.69) is 22.3 Å². The van der Waals surface area contributed by atoms with Crippen molar-refractivity contribution in [3.8, 4) is 0 Å². The first-order chi connectivity index (χ1) is 13.7. The van der Waals surface area contributed by atoms with E-state index in [0.717, 1.165) is 29.2 Å². The van der Waals surface area contributed by atoms with Crippen LogP contribution in [0, 0.1) is 0 Å². The summed E-state index contributed by atoms with van der Waals surface area (Å²) in [6.45, 7) is 4.08. The van der Waals surface area contributed by atoms with Crippen LogP contribution in [0.4, 0.5) is 11.4 Å². The third-order valence-corrected chi connectivity index (χ3v) is 6.80. The van der Waals surface area contributed by atoms with Gasteiger partial charge in [0.15, 0.2) is 0 Å². The molecule has 1 unspecified atom stereocenters. The molecule has 0 bridgehead atoms. The summed E-state index contributed by atoms with van der Waals surface area (Å²) in [6, 6.07) is 12.6. The number of carbonyl (C=O) groups is 1. The second kappa shape index (κ2) is 8.63. The predicted molar refractivity (Wildman–Crippen MR) is 118 cm³/mol. The highest BCUT2D eigenvalue weighted by Gasteiger charge is 2.19. The Kier molecular flexibility index (Phi) is 6.39. The van der Waals surface area contributed by atoms with Crippen molar-refractivity contribution in [1.82, 2.24) is 5.32 Å². The van der Waals surface area contributed by atoms with Gasteiger partial charge in [-0.25, -0.2) is 8.42 Å². The molecule has 0 radical (unpaired) electrons. The molecule has 1 saturated heterocycles. The lowest BCUT2D eigenvalue weighted by Gasteiger charge is -2.20. The van der Waals surface area contributed by atoms with Crippen molar-refractivity contribution in [2.75, 3.05) is 35.6 Å². The molecule has 3 rings (SSSR count). The number of halogens is 1. The molecule has 1 aliphatic heterocycles. The second-order valence-electron chi connectivity index (χ2n) is 7.38. The van der Waals surface area contributed by atoms with Crippen molar-refractivity contribution in [3.05, 3.63) is 58.6 Å². The topological polar surface area (TPSA) is 69.7 Å². The summed E-state index contributed by atoms with van der Waals surface area (Å²) >= 11 is 6.20. The number of nitrogens with one attached hydrogen (secondary N) is 1. The molecular formula is C21H26ClN3O3S. The number of carbonyl (C=O) groups excluding carboxylic acids is 1. The Hall–Kier alpha value is -2.25. The Morgan fingerprint density at radius 1 is 1.14 bits per heavy atom. The predicted octanol–water partition coefficient (Wildman–Crippen LogP) is 3.83. The molecule has 1 heterocycles. The molecule has 0 aromatic heterocycles. The van der Waals surface area contributed by atoms with Gasteiger partial charge in [-0.2, -0.15) is 0 Å². The Morgan fingerprint density at radius 2 is 1.76 bits per heavy atom. The van der Waals surface area contributed by atoms with Crippen LogP contribution in [0.3, 0.4) is 0 Å². The van der Waals surface area contributed by atoms with E-state index in [0.29, 0.717) is 5.69 Å². The Bertz CT molecular complexity index is 987. The summed E-state index contributed by atoms with van der Waals surface area (Å²) < 4.78 is 24.7. The van der Waals surface area contributed by atoms with Gasteiger partial charge in [-0.3, -0.25) is 9.10 Å². The van der Waals surface area contributed by atoms with Crippen LogP contribution in [0.5, 0.6) is 0 Å². The summed E-state index contributed by atoms with van der Waals surface area (Å²) in [6.07, 6.45) is 3.56. The summed E-state index contributed by atoms with van der Waals surface area (Å²) in [5.74, 6) is -0.352. The molecule has 1 N–H and O–H groups in total. The van der Waals surface area contributed by atoms with Gasteiger partial charge in [-0.15, -0.1) is 0 Å².